The lowest BCUT2D eigenvalue weighted by Crippen LogP contribution is -2.48. The van der Waals surface area contributed by atoms with E-state index >= 15 is 0 Å². The number of nitrogens with zero attached hydrogens (tertiary/aromatic N) is 1. The monoisotopic (exact) mass is 432 g/mol. The largest absolute Gasteiger partial charge is 0.354 e. The van der Waals surface area contributed by atoms with Crippen LogP contribution in [0.1, 0.15) is 31.9 Å². The third-order valence-electron chi connectivity index (χ3n) is 4.63. The number of amides is 2. The number of rotatable bonds is 9. The van der Waals surface area contributed by atoms with Crippen LogP contribution in [0, 0.1) is 12.8 Å². The lowest BCUT2D eigenvalue weighted by molar-refractivity contribution is -0.138. The topological polar surface area (TPSA) is 49.4 Å². The van der Waals surface area contributed by atoms with Crippen molar-refractivity contribution in [2.24, 2.45) is 5.92 Å². The molecule has 0 unspecified atom stereocenters. The average molecular weight is 433 g/mol. The van der Waals surface area contributed by atoms with Crippen LogP contribution in [-0.2, 0) is 16.1 Å². The summed E-state index contributed by atoms with van der Waals surface area (Å²) in [6.45, 7) is 8.90. The number of carbonyl (C=O) groups is 2. The van der Waals surface area contributed by atoms with Crippen LogP contribution in [0.5, 0.6) is 0 Å². The molecule has 0 aliphatic rings. The Bertz CT molecular complexity index is 824. The summed E-state index contributed by atoms with van der Waals surface area (Å²) < 4.78 is 0. The molecule has 0 aliphatic heterocycles. The minimum Gasteiger partial charge on any atom is -0.354 e. The fraction of sp³-hybridized carbons (Fsp3) is 0.391. The van der Waals surface area contributed by atoms with E-state index in [1.807, 2.05) is 57.2 Å². The lowest BCUT2D eigenvalue weighted by Gasteiger charge is -2.29. The summed E-state index contributed by atoms with van der Waals surface area (Å²) in [6.07, 6.45) is 0. The van der Waals surface area contributed by atoms with Gasteiger partial charge >= 0.3 is 0 Å². The summed E-state index contributed by atoms with van der Waals surface area (Å²) in [5.74, 6) is 0.416. The van der Waals surface area contributed by atoms with Crippen molar-refractivity contribution in [3.8, 4) is 0 Å². The molecule has 6 heteroatoms. The predicted octanol–water partition coefficient (Wildman–Crippen LogP) is 4.93. The zero-order chi connectivity index (χ0) is 21.4. The Labute approximate surface area is 183 Å². The van der Waals surface area contributed by atoms with Crippen LogP contribution in [-0.4, -0.2) is 35.1 Å². The molecule has 0 aromatic heterocycles. The fourth-order valence-corrected chi connectivity index (χ4v) is 3.68. The average Bonchev–Trinajstić information content (AvgIpc) is 2.70. The number of thioether (sulfide) groups is 1. The van der Waals surface area contributed by atoms with Crippen molar-refractivity contribution in [2.45, 2.75) is 45.2 Å². The minimum atomic E-state index is -0.549. The molecule has 1 atom stereocenters. The van der Waals surface area contributed by atoms with E-state index in [9.17, 15) is 9.59 Å². The molecule has 0 heterocycles. The molecular formula is C23H29ClN2O2S. The van der Waals surface area contributed by atoms with Gasteiger partial charge in [0.25, 0.3) is 0 Å². The SMILES string of the molecule is Cc1ccccc1CN(C(=O)CSc1ccc(Cl)cc1)[C@@H](C)C(=O)NCC(C)C. The Kier molecular flexibility index (Phi) is 9.05. The second kappa shape index (κ2) is 11.3. The maximum absolute atomic E-state index is 13.1. The Balaban J connectivity index is 2.13. The van der Waals surface area contributed by atoms with E-state index < -0.39 is 6.04 Å². The molecule has 0 bridgehead atoms. The van der Waals surface area contributed by atoms with E-state index in [-0.39, 0.29) is 17.6 Å². The van der Waals surface area contributed by atoms with Crippen molar-refractivity contribution in [3.63, 3.8) is 0 Å². The van der Waals surface area contributed by atoms with Crippen molar-refractivity contribution < 1.29 is 9.59 Å². The van der Waals surface area contributed by atoms with Gasteiger partial charge in [-0.2, -0.15) is 0 Å². The molecule has 156 valence electrons. The molecule has 0 saturated heterocycles. The predicted molar refractivity (Wildman–Crippen MR) is 121 cm³/mol. The van der Waals surface area contributed by atoms with Crippen molar-refractivity contribution in [3.05, 3.63) is 64.7 Å². The number of halogens is 1. The summed E-state index contributed by atoms with van der Waals surface area (Å²) in [7, 11) is 0. The smallest absolute Gasteiger partial charge is 0.242 e. The molecule has 2 aromatic rings. The summed E-state index contributed by atoms with van der Waals surface area (Å²) in [5.41, 5.74) is 2.14. The van der Waals surface area contributed by atoms with Gasteiger partial charge in [0, 0.05) is 23.0 Å². The molecule has 0 radical (unpaired) electrons. The molecule has 0 saturated carbocycles. The van der Waals surface area contributed by atoms with Crippen LogP contribution in [0.2, 0.25) is 5.02 Å². The Morgan fingerprint density at radius 1 is 1.07 bits per heavy atom. The normalized spacial score (nSPS) is 11.9. The highest BCUT2D eigenvalue weighted by Gasteiger charge is 2.26. The summed E-state index contributed by atoms with van der Waals surface area (Å²) >= 11 is 7.38. The Morgan fingerprint density at radius 3 is 2.34 bits per heavy atom. The van der Waals surface area contributed by atoms with Gasteiger partial charge in [-0.05, 0) is 55.2 Å². The highest BCUT2D eigenvalue weighted by atomic mass is 35.5. The van der Waals surface area contributed by atoms with Crippen LogP contribution in [0.4, 0.5) is 0 Å². The van der Waals surface area contributed by atoms with E-state index in [0.29, 0.717) is 24.0 Å². The number of aryl methyl sites for hydroxylation is 1. The van der Waals surface area contributed by atoms with E-state index in [1.165, 1.54) is 11.8 Å². The van der Waals surface area contributed by atoms with Gasteiger partial charge < -0.3 is 10.2 Å². The van der Waals surface area contributed by atoms with Crippen LogP contribution in [0.3, 0.4) is 0 Å². The quantitative estimate of drug-likeness (QED) is 0.571. The zero-order valence-electron chi connectivity index (χ0n) is 17.4. The molecule has 1 N–H and O–H groups in total. The van der Waals surface area contributed by atoms with Crippen molar-refractivity contribution in [1.82, 2.24) is 10.2 Å². The molecule has 29 heavy (non-hydrogen) atoms. The standard InChI is InChI=1S/C23H29ClN2O2S/c1-16(2)13-25-23(28)18(4)26(14-19-8-6-5-7-17(19)3)22(27)15-29-21-11-9-20(24)10-12-21/h5-12,16,18H,13-15H2,1-4H3,(H,25,28)/t18-/m0/s1. The summed E-state index contributed by atoms with van der Waals surface area (Å²) in [5, 5.41) is 3.61. The van der Waals surface area contributed by atoms with Gasteiger partial charge in [-0.15, -0.1) is 11.8 Å². The van der Waals surface area contributed by atoms with E-state index in [4.69, 9.17) is 11.6 Å². The minimum absolute atomic E-state index is 0.0691. The number of benzene rings is 2. The first-order chi connectivity index (χ1) is 13.8. The van der Waals surface area contributed by atoms with Gasteiger partial charge in [-0.1, -0.05) is 49.7 Å². The Hall–Kier alpha value is -1.98. The number of carbonyl (C=O) groups excluding carboxylic acids is 2. The van der Waals surface area contributed by atoms with Crippen molar-refractivity contribution >= 4 is 35.2 Å². The van der Waals surface area contributed by atoms with Crippen LogP contribution in [0.25, 0.3) is 0 Å². The highest BCUT2D eigenvalue weighted by molar-refractivity contribution is 8.00. The number of hydrogen-bond donors (Lipinski definition) is 1. The molecular weight excluding hydrogens is 404 g/mol. The van der Waals surface area contributed by atoms with Gasteiger partial charge in [-0.3, -0.25) is 9.59 Å². The zero-order valence-corrected chi connectivity index (χ0v) is 19.0. The van der Waals surface area contributed by atoms with E-state index in [2.05, 4.69) is 5.32 Å². The second-order valence-electron chi connectivity index (χ2n) is 7.51. The highest BCUT2D eigenvalue weighted by Crippen LogP contribution is 2.22. The molecule has 4 nitrogen and oxygen atoms in total. The van der Waals surface area contributed by atoms with Crippen molar-refractivity contribution in [1.29, 1.82) is 0 Å². The first-order valence-electron chi connectivity index (χ1n) is 9.78. The maximum atomic E-state index is 13.1. The van der Waals surface area contributed by atoms with Crippen LogP contribution >= 0.6 is 23.4 Å². The third-order valence-corrected chi connectivity index (χ3v) is 5.88. The Morgan fingerprint density at radius 2 is 1.72 bits per heavy atom. The van der Waals surface area contributed by atoms with E-state index in [0.717, 1.165) is 16.0 Å². The van der Waals surface area contributed by atoms with Crippen LogP contribution < -0.4 is 5.32 Å². The first-order valence-corrected chi connectivity index (χ1v) is 11.1. The second-order valence-corrected chi connectivity index (χ2v) is 8.99. The molecule has 2 rings (SSSR count). The van der Waals surface area contributed by atoms with Gasteiger partial charge in [0.2, 0.25) is 11.8 Å². The molecule has 0 spiro atoms. The van der Waals surface area contributed by atoms with Gasteiger partial charge in [-0.25, -0.2) is 0 Å². The third kappa shape index (κ3) is 7.41. The molecule has 0 aliphatic carbocycles. The number of hydrogen-bond acceptors (Lipinski definition) is 3. The summed E-state index contributed by atoms with van der Waals surface area (Å²) in [6, 6.07) is 14.8. The maximum Gasteiger partial charge on any atom is 0.242 e. The lowest BCUT2D eigenvalue weighted by atomic mass is 10.1. The number of nitrogens with one attached hydrogen (secondary N) is 1. The first kappa shape index (κ1) is 23.3. The molecule has 0 fully saturated rings. The van der Waals surface area contributed by atoms with Crippen LogP contribution in [0.15, 0.2) is 53.4 Å². The van der Waals surface area contributed by atoms with E-state index in [1.54, 1.807) is 24.0 Å². The summed E-state index contributed by atoms with van der Waals surface area (Å²) in [4.78, 5) is 28.4. The fourth-order valence-electron chi connectivity index (χ4n) is 2.76. The van der Waals surface area contributed by atoms with Crippen molar-refractivity contribution in [2.75, 3.05) is 12.3 Å². The van der Waals surface area contributed by atoms with Gasteiger partial charge in [0.05, 0.1) is 5.75 Å². The molecule has 2 amide bonds. The van der Waals surface area contributed by atoms with Gasteiger partial charge in [0.15, 0.2) is 0 Å². The molecule has 2 aromatic carbocycles. The van der Waals surface area contributed by atoms with Gasteiger partial charge in [0.1, 0.15) is 6.04 Å².